The second-order valence-corrected chi connectivity index (χ2v) is 7.29. The lowest BCUT2D eigenvalue weighted by Gasteiger charge is -2.08. The van der Waals surface area contributed by atoms with Gasteiger partial charge in [-0.2, -0.15) is 4.37 Å². The van der Waals surface area contributed by atoms with Gasteiger partial charge < -0.3 is 15.2 Å². The fourth-order valence-electron chi connectivity index (χ4n) is 2.41. The summed E-state index contributed by atoms with van der Waals surface area (Å²) in [6.07, 6.45) is 0. The molecule has 0 aliphatic carbocycles. The van der Waals surface area contributed by atoms with Crippen LogP contribution in [0.25, 0.3) is 0 Å². The number of aromatic carboxylic acids is 1. The number of nitrogens with zero attached hydrogens (tertiary/aromatic N) is 1. The first kappa shape index (κ1) is 22.4. The summed E-state index contributed by atoms with van der Waals surface area (Å²) in [7, 11) is 0. The molecule has 3 aromatic rings. The van der Waals surface area contributed by atoms with Crippen molar-refractivity contribution in [2.75, 3.05) is 5.32 Å². The molecular weight excluding hydrogens is 459 g/mol. The number of hydrogen-bond donors (Lipinski definition) is 3. The number of aromatic nitrogens is 1. The van der Waals surface area contributed by atoms with Gasteiger partial charge in [0.2, 0.25) is 5.88 Å². The van der Waals surface area contributed by atoms with Crippen LogP contribution in [0.1, 0.15) is 21.5 Å². The second kappa shape index (κ2) is 9.67. The first-order valence-corrected chi connectivity index (χ1v) is 9.68. The summed E-state index contributed by atoms with van der Waals surface area (Å²) in [5.41, 5.74) is 0.0145. The molecular formula is C19H13ClF3N3O4S. The van der Waals surface area contributed by atoms with Crippen LogP contribution in [-0.2, 0) is 13.2 Å². The number of rotatable bonds is 7. The molecule has 0 atom stereocenters. The van der Waals surface area contributed by atoms with Crippen molar-refractivity contribution in [1.29, 1.82) is 0 Å². The van der Waals surface area contributed by atoms with E-state index in [4.69, 9.17) is 16.3 Å². The molecule has 0 bridgehead atoms. The highest BCUT2D eigenvalue weighted by Gasteiger charge is 2.23. The molecule has 7 nitrogen and oxygen atoms in total. The van der Waals surface area contributed by atoms with Crippen molar-refractivity contribution in [3.8, 4) is 5.88 Å². The van der Waals surface area contributed by atoms with Crippen molar-refractivity contribution >= 4 is 40.1 Å². The Labute approximate surface area is 182 Å². The zero-order valence-corrected chi connectivity index (χ0v) is 17.0. The van der Waals surface area contributed by atoms with Crippen LogP contribution >= 0.6 is 23.1 Å². The quantitative estimate of drug-likeness (QED) is 0.459. The van der Waals surface area contributed by atoms with Crippen molar-refractivity contribution in [2.45, 2.75) is 13.2 Å². The minimum absolute atomic E-state index is 0.123. The molecule has 0 saturated carbocycles. The number of ether oxygens (including phenoxy) is 1. The Bertz CT molecular complexity index is 1140. The van der Waals surface area contributed by atoms with Crippen LogP contribution in [-0.4, -0.2) is 21.5 Å². The molecule has 0 saturated heterocycles. The van der Waals surface area contributed by atoms with Gasteiger partial charge >= 0.3 is 12.0 Å². The average molecular weight is 472 g/mol. The molecule has 3 N–H and O–H groups in total. The van der Waals surface area contributed by atoms with Gasteiger partial charge in [0, 0.05) is 17.1 Å². The summed E-state index contributed by atoms with van der Waals surface area (Å²) in [6, 6.07) is 6.25. The van der Waals surface area contributed by atoms with Crippen molar-refractivity contribution in [1.82, 2.24) is 9.69 Å². The maximum Gasteiger partial charge on any atom is 0.344 e. The maximum atomic E-state index is 13.9. The Morgan fingerprint density at radius 3 is 2.55 bits per heavy atom. The number of amides is 2. The molecule has 0 spiro atoms. The number of carbonyl (C=O) groups is 2. The molecule has 0 aliphatic heterocycles. The van der Waals surface area contributed by atoms with E-state index in [-0.39, 0.29) is 34.6 Å². The van der Waals surface area contributed by atoms with Crippen LogP contribution in [0, 0.1) is 17.5 Å². The van der Waals surface area contributed by atoms with Crippen LogP contribution in [0.15, 0.2) is 36.4 Å². The van der Waals surface area contributed by atoms with Gasteiger partial charge in [-0.1, -0.05) is 23.7 Å². The van der Waals surface area contributed by atoms with Gasteiger partial charge in [-0.25, -0.2) is 22.8 Å². The highest BCUT2D eigenvalue weighted by molar-refractivity contribution is 7.11. The number of hydrogen-bond acceptors (Lipinski definition) is 5. The van der Waals surface area contributed by atoms with E-state index in [1.54, 1.807) is 0 Å². The minimum atomic E-state index is -1.42. The van der Waals surface area contributed by atoms with Crippen LogP contribution in [0.5, 0.6) is 5.88 Å². The summed E-state index contributed by atoms with van der Waals surface area (Å²) >= 11 is 6.33. The number of carboxylic acid groups (broad SMARTS) is 1. The van der Waals surface area contributed by atoms with E-state index in [0.29, 0.717) is 17.1 Å². The van der Waals surface area contributed by atoms with Crippen molar-refractivity contribution in [2.24, 2.45) is 0 Å². The zero-order chi connectivity index (χ0) is 22.5. The van der Waals surface area contributed by atoms with E-state index in [1.807, 2.05) is 0 Å². The van der Waals surface area contributed by atoms with Crippen molar-refractivity contribution in [3.05, 3.63) is 75.6 Å². The van der Waals surface area contributed by atoms with Gasteiger partial charge in [0.25, 0.3) is 0 Å². The first-order chi connectivity index (χ1) is 14.7. The summed E-state index contributed by atoms with van der Waals surface area (Å²) in [6.45, 7) is -0.446. The third-order valence-electron chi connectivity index (χ3n) is 3.92. The molecule has 0 aliphatic rings. The lowest BCUT2D eigenvalue weighted by atomic mass is 10.2. The number of anilines is 1. The van der Waals surface area contributed by atoms with Crippen molar-refractivity contribution in [3.63, 3.8) is 0 Å². The molecule has 0 radical (unpaired) electrons. The molecule has 0 unspecified atom stereocenters. The predicted molar refractivity (Wildman–Crippen MR) is 107 cm³/mol. The predicted octanol–water partition coefficient (Wildman–Crippen LogP) is 4.81. The monoisotopic (exact) mass is 471 g/mol. The number of urea groups is 1. The van der Waals surface area contributed by atoms with E-state index in [9.17, 15) is 27.9 Å². The summed E-state index contributed by atoms with van der Waals surface area (Å²) in [5, 5.41) is 14.2. The third-order valence-corrected chi connectivity index (χ3v) is 4.90. The van der Waals surface area contributed by atoms with Gasteiger partial charge in [0.05, 0.1) is 0 Å². The van der Waals surface area contributed by atoms with E-state index >= 15 is 0 Å². The third kappa shape index (κ3) is 5.64. The lowest BCUT2D eigenvalue weighted by Crippen LogP contribution is -2.28. The largest absolute Gasteiger partial charge is 0.477 e. The van der Waals surface area contributed by atoms with E-state index in [1.165, 1.54) is 18.2 Å². The lowest BCUT2D eigenvalue weighted by molar-refractivity contribution is 0.0693. The van der Waals surface area contributed by atoms with Gasteiger partial charge in [0.15, 0.2) is 17.2 Å². The normalized spacial score (nSPS) is 10.6. The van der Waals surface area contributed by atoms with Gasteiger partial charge in [-0.15, -0.1) is 0 Å². The Morgan fingerprint density at radius 1 is 1.10 bits per heavy atom. The summed E-state index contributed by atoms with van der Waals surface area (Å²) in [4.78, 5) is 23.7. The highest BCUT2D eigenvalue weighted by Crippen LogP contribution is 2.31. The van der Waals surface area contributed by atoms with Crippen LogP contribution in [0.3, 0.4) is 0 Å². The molecule has 2 aromatic carbocycles. The maximum absolute atomic E-state index is 13.9. The molecule has 2 amide bonds. The van der Waals surface area contributed by atoms with Crippen LogP contribution in [0.4, 0.5) is 23.0 Å². The topological polar surface area (TPSA) is 101 Å². The molecule has 3 rings (SSSR count). The SMILES string of the molecule is O=C(NCc1ccc(F)c(F)c1)Nc1snc(OCc2ccc(Cl)cc2F)c1C(=O)O. The molecule has 1 aromatic heterocycles. The number of carboxylic acids is 1. The fraction of sp³-hybridized carbons (Fsp3) is 0.105. The van der Waals surface area contributed by atoms with Crippen LogP contribution in [0.2, 0.25) is 5.02 Å². The molecule has 1 heterocycles. The first-order valence-electron chi connectivity index (χ1n) is 8.53. The second-order valence-electron chi connectivity index (χ2n) is 6.08. The number of nitrogens with one attached hydrogen (secondary N) is 2. The zero-order valence-electron chi connectivity index (χ0n) is 15.4. The summed E-state index contributed by atoms with van der Waals surface area (Å²) < 4.78 is 49.2. The van der Waals surface area contributed by atoms with E-state index < -0.39 is 35.0 Å². The van der Waals surface area contributed by atoms with Gasteiger partial charge in [-0.05, 0) is 41.4 Å². The molecule has 162 valence electrons. The fourth-order valence-corrected chi connectivity index (χ4v) is 3.29. The van der Waals surface area contributed by atoms with Crippen molar-refractivity contribution < 1.29 is 32.6 Å². The Hall–Kier alpha value is -3.31. The van der Waals surface area contributed by atoms with E-state index in [2.05, 4.69) is 15.0 Å². The standard InChI is InChI=1S/C19H13ClF3N3O4S/c20-11-3-2-10(13(22)6-11)8-30-16-15(18(27)28)17(31-26-16)25-19(29)24-7-9-1-4-12(21)14(23)5-9/h1-6H,7-8H2,(H,27,28)(H2,24,25,29). The number of halogens is 4. The minimum Gasteiger partial charge on any atom is -0.477 e. The Kier molecular flexibility index (Phi) is 6.98. The molecule has 12 heteroatoms. The number of benzene rings is 2. The van der Waals surface area contributed by atoms with Gasteiger partial charge in [0.1, 0.15) is 17.4 Å². The van der Waals surface area contributed by atoms with Crippen LogP contribution < -0.4 is 15.4 Å². The molecule has 31 heavy (non-hydrogen) atoms. The summed E-state index contributed by atoms with van der Waals surface area (Å²) in [5.74, 6) is -4.43. The Morgan fingerprint density at radius 2 is 1.87 bits per heavy atom. The van der Waals surface area contributed by atoms with Gasteiger partial charge in [-0.3, -0.25) is 5.32 Å². The van der Waals surface area contributed by atoms with E-state index in [0.717, 1.165) is 18.2 Å². The Balaban J connectivity index is 1.65. The highest BCUT2D eigenvalue weighted by atomic mass is 35.5. The molecule has 0 fully saturated rings. The number of carbonyl (C=O) groups excluding carboxylic acids is 1. The average Bonchev–Trinajstić information content (AvgIpc) is 3.11. The smallest absolute Gasteiger partial charge is 0.344 e.